The number of aromatic nitrogens is 5. The lowest BCUT2D eigenvalue weighted by molar-refractivity contribution is 0.0987. The summed E-state index contributed by atoms with van der Waals surface area (Å²) < 4.78 is 20.4. The standard InChI is InChI=1S/C24H25FN8O2/c1-3-33-23-20(30-31-33)22(32-12-13-35-14-15(32)2)28-21(29-23)16-4-8-18(9-5-16)26-24(34)27-19-10-6-17(25)7-11-19/h4-11,15H,3,12-14H2,1-2H3,(H2,26,27,34). The summed E-state index contributed by atoms with van der Waals surface area (Å²) >= 11 is 0. The number of urea groups is 1. The predicted octanol–water partition coefficient (Wildman–Crippen LogP) is 3.92. The van der Waals surface area contributed by atoms with Crippen LogP contribution in [0.25, 0.3) is 22.6 Å². The molecule has 0 radical (unpaired) electrons. The van der Waals surface area contributed by atoms with E-state index in [-0.39, 0.29) is 11.9 Å². The maximum atomic E-state index is 13.1. The van der Waals surface area contributed by atoms with Crippen LogP contribution in [0.5, 0.6) is 0 Å². The van der Waals surface area contributed by atoms with Crippen molar-refractivity contribution in [2.75, 3.05) is 35.3 Å². The minimum Gasteiger partial charge on any atom is -0.377 e. The van der Waals surface area contributed by atoms with Crippen LogP contribution in [0.4, 0.5) is 26.4 Å². The average Bonchev–Trinajstić information content (AvgIpc) is 3.29. The molecule has 0 aliphatic carbocycles. The molecule has 0 spiro atoms. The van der Waals surface area contributed by atoms with Crippen molar-refractivity contribution in [2.24, 2.45) is 0 Å². The first-order chi connectivity index (χ1) is 17.0. The van der Waals surface area contributed by atoms with E-state index in [4.69, 9.17) is 14.7 Å². The van der Waals surface area contributed by atoms with Crippen molar-refractivity contribution in [2.45, 2.75) is 26.4 Å². The molecule has 2 aromatic heterocycles. The van der Waals surface area contributed by atoms with E-state index in [0.717, 1.165) is 11.4 Å². The molecule has 1 saturated heterocycles. The summed E-state index contributed by atoms with van der Waals surface area (Å²) in [6, 6.07) is 12.5. The molecule has 2 amide bonds. The smallest absolute Gasteiger partial charge is 0.323 e. The summed E-state index contributed by atoms with van der Waals surface area (Å²) in [7, 11) is 0. The van der Waals surface area contributed by atoms with Gasteiger partial charge >= 0.3 is 6.03 Å². The zero-order valence-electron chi connectivity index (χ0n) is 19.4. The second kappa shape index (κ2) is 9.63. The fourth-order valence-corrected chi connectivity index (χ4v) is 3.96. The van der Waals surface area contributed by atoms with Gasteiger partial charge in [0.2, 0.25) is 0 Å². The number of ether oxygens (including phenoxy) is 1. The number of nitrogens with one attached hydrogen (secondary N) is 2. The van der Waals surface area contributed by atoms with E-state index in [2.05, 4.69) is 32.8 Å². The van der Waals surface area contributed by atoms with Crippen molar-refractivity contribution in [3.05, 3.63) is 54.3 Å². The number of rotatable bonds is 5. The van der Waals surface area contributed by atoms with Gasteiger partial charge in [-0.05, 0) is 62.4 Å². The molecule has 180 valence electrons. The summed E-state index contributed by atoms with van der Waals surface area (Å²) in [4.78, 5) is 24.1. The van der Waals surface area contributed by atoms with Crippen molar-refractivity contribution in [1.82, 2.24) is 25.0 Å². The van der Waals surface area contributed by atoms with Crippen LogP contribution in [0.1, 0.15) is 13.8 Å². The SMILES string of the molecule is CCn1nnc2c(N3CCOCC3C)nc(-c3ccc(NC(=O)Nc4ccc(F)cc4)cc3)nc21. The van der Waals surface area contributed by atoms with E-state index >= 15 is 0 Å². The normalized spacial score (nSPS) is 15.9. The number of halogens is 1. The molecule has 4 aromatic rings. The lowest BCUT2D eigenvalue weighted by atomic mass is 10.2. The third-order valence-corrected chi connectivity index (χ3v) is 5.79. The molecule has 11 heteroatoms. The highest BCUT2D eigenvalue weighted by atomic mass is 19.1. The molecule has 10 nitrogen and oxygen atoms in total. The Morgan fingerprint density at radius 1 is 1.09 bits per heavy atom. The zero-order chi connectivity index (χ0) is 24.4. The van der Waals surface area contributed by atoms with Crippen LogP contribution in [0, 0.1) is 5.82 Å². The number of hydrogen-bond donors (Lipinski definition) is 2. The van der Waals surface area contributed by atoms with Crippen molar-refractivity contribution in [3.8, 4) is 11.4 Å². The van der Waals surface area contributed by atoms with E-state index in [1.807, 2.05) is 19.1 Å². The monoisotopic (exact) mass is 476 g/mol. The molecule has 1 aliphatic rings. The largest absolute Gasteiger partial charge is 0.377 e. The molecule has 5 rings (SSSR count). The number of amides is 2. The first-order valence-electron chi connectivity index (χ1n) is 11.4. The Balaban J connectivity index is 1.40. The Hall–Kier alpha value is -4.12. The molecule has 1 atom stereocenters. The van der Waals surface area contributed by atoms with Crippen LogP contribution in [0.2, 0.25) is 0 Å². The Morgan fingerprint density at radius 2 is 1.77 bits per heavy atom. The quantitative estimate of drug-likeness (QED) is 0.449. The number of carbonyl (C=O) groups is 1. The number of anilines is 3. The van der Waals surface area contributed by atoms with Gasteiger partial charge in [-0.25, -0.2) is 23.8 Å². The fourth-order valence-electron chi connectivity index (χ4n) is 3.96. The second-order valence-electron chi connectivity index (χ2n) is 8.23. The van der Waals surface area contributed by atoms with Gasteiger partial charge in [-0.3, -0.25) is 0 Å². The number of nitrogens with zero attached hydrogens (tertiary/aromatic N) is 6. The molecular weight excluding hydrogens is 451 g/mol. The summed E-state index contributed by atoms with van der Waals surface area (Å²) in [5.74, 6) is 0.919. The Labute approximate surface area is 201 Å². The first kappa shape index (κ1) is 22.7. The summed E-state index contributed by atoms with van der Waals surface area (Å²) in [5.41, 5.74) is 3.22. The van der Waals surface area contributed by atoms with Crippen LogP contribution in [0.15, 0.2) is 48.5 Å². The lowest BCUT2D eigenvalue weighted by Crippen LogP contribution is -2.44. The van der Waals surface area contributed by atoms with Crippen LogP contribution in [-0.4, -0.2) is 56.8 Å². The fraction of sp³-hybridized carbons (Fsp3) is 0.292. The Morgan fingerprint density at radius 3 is 2.43 bits per heavy atom. The second-order valence-corrected chi connectivity index (χ2v) is 8.23. The molecule has 0 saturated carbocycles. The van der Waals surface area contributed by atoms with E-state index in [1.165, 1.54) is 24.3 Å². The minimum atomic E-state index is -0.427. The van der Waals surface area contributed by atoms with E-state index in [9.17, 15) is 9.18 Å². The van der Waals surface area contributed by atoms with Crippen molar-refractivity contribution in [3.63, 3.8) is 0 Å². The van der Waals surface area contributed by atoms with Crippen LogP contribution >= 0.6 is 0 Å². The van der Waals surface area contributed by atoms with Crippen molar-refractivity contribution >= 4 is 34.4 Å². The highest BCUT2D eigenvalue weighted by Gasteiger charge is 2.26. The number of morpholine rings is 1. The Bertz CT molecular complexity index is 1340. The van der Waals surface area contributed by atoms with Crippen LogP contribution in [0.3, 0.4) is 0 Å². The third kappa shape index (κ3) is 4.76. The number of aryl methyl sites for hydroxylation is 1. The molecule has 2 aromatic carbocycles. The van der Waals surface area contributed by atoms with Crippen LogP contribution in [-0.2, 0) is 11.3 Å². The van der Waals surface area contributed by atoms with Gasteiger partial charge in [0.25, 0.3) is 0 Å². The van der Waals surface area contributed by atoms with Gasteiger partial charge in [-0.2, -0.15) is 0 Å². The van der Waals surface area contributed by atoms with Gasteiger partial charge in [-0.15, -0.1) is 5.10 Å². The van der Waals surface area contributed by atoms with Crippen LogP contribution < -0.4 is 15.5 Å². The molecule has 0 bridgehead atoms. The predicted molar refractivity (Wildman–Crippen MR) is 131 cm³/mol. The van der Waals surface area contributed by atoms with Crippen molar-refractivity contribution < 1.29 is 13.9 Å². The average molecular weight is 477 g/mol. The van der Waals surface area contributed by atoms with Gasteiger partial charge in [0.1, 0.15) is 5.82 Å². The zero-order valence-corrected chi connectivity index (χ0v) is 19.4. The summed E-state index contributed by atoms with van der Waals surface area (Å²) in [5, 5.41) is 14.0. The molecule has 1 aliphatic heterocycles. The topological polar surface area (TPSA) is 110 Å². The molecule has 3 heterocycles. The minimum absolute atomic E-state index is 0.146. The van der Waals surface area contributed by atoms with Gasteiger partial charge in [0.05, 0.1) is 19.3 Å². The summed E-state index contributed by atoms with van der Waals surface area (Å²) in [6.07, 6.45) is 0. The molecule has 35 heavy (non-hydrogen) atoms. The maximum Gasteiger partial charge on any atom is 0.323 e. The van der Waals surface area contributed by atoms with E-state index in [1.54, 1.807) is 16.8 Å². The number of hydrogen-bond acceptors (Lipinski definition) is 7. The van der Waals surface area contributed by atoms with Gasteiger partial charge in [-0.1, -0.05) is 5.21 Å². The van der Waals surface area contributed by atoms with Gasteiger partial charge < -0.3 is 20.3 Å². The highest BCUT2D eigenvalue weighted by molar-refractivity contribution is 5.99. The first-order valence-corrected chi connectivity index (χ1v) is 11.4. The number of carbonyl (C=O) groups excluding carboxylic acids is 1. The molecular formula is C24H25FN8O2. The molecule has 2 N–H and O–H groups in total. The molecule has 1 unspecified atom stereocenters. The highest BCUT2D eigenvalue weighted by Crippen LogP contribution is 2.29. The number of fused-ring (bicyclic) bond motifs is 1. The van der Waals surface area contributed by atoms with E-state index in [0.29, 0.717) is 54.7 Å². The van der Waals surface area contributed by atoms with E-state index < -0.39 is 6.03 Å². The number of benzene rings is 2. The maximum absolute atomic E-state index is 13.1. The van der Waals surface area contributed by atoms with Crippen molar-refractivity contribution in [1.29, 1.82) is 0 Å². The summed E-state index contributed by atoms with van der Waals surface area (Å²) in [6.45, 7) is 6.66. The van der Waals surface area contributed by atoms with Gasteiger partial charge in [0.15, 0.2) is 22.8 Å². The van der Waals surface area contributed by atoms with Gasteiger partial charge in [0, 0.05) is 30.0 Å². The lowest BCUT2D eigenvalue weighted by Gasteiger charge is -2.34. The Kier molecular flexibility index (Phi) is 6.23. The third-order valence-electron chi connectivity index (χ3n) is 5.79. The molecule has 1 fully saturated rings.